The quantitative estimate of drug-likeness (QED) is 0.427. The molecule has 35 heavy (non-hydrogen) atoms. The van der Waals surface area contributed by atoms with E-state index in [1.165, 1.54) is 11.1 Å². The molecular formula is C22H21ClF3N7O2. The van der Waals surface area contributed by atoms with Crippen LogP contribution in [0.1, 0.15) is 12.8 Å². The lowest BCUT2D eigenvalue weighted by molar-refractivity contribution is -0.148. The summed E-state index contributed by atoms with van der Waals surface area (Å²) in [6, 6.07) is 4.96. The number of rotatable bonds is 4. The molecule has 0 unspecified atom stereocenters. The number of hydrogen-bond donors (Lipinski definition) is 2. The van der Waals surface area contributed by atoms with Gasteiger partial charge in [0, 0.05) is 36.2 Å². The smallest absolute Gasteiger partial charge is 0.406 e. The van der Waals surface area contributed by atoms with Crippen molar-refractivity contribution in [2.24, 2.45) is 7.05 Å². The Labute approximate surface area is 202 Å². The number of likely N-dealkylation sites (tertiary alicyclic amines) is 1. The maximum Gasteiger partial charge on any atom is 0.412 e. The van der Waals surface area contributed by atoms with E-state index in [2.05, 4.69) is 25.4 Å². The van der Waals surface area contributed by atoms with Crippen LogP contribution in [0.2, 0.25) is 5.02 Å². The van der Waals surface area contributed by atoms with Crippen LogP contribution in [0.25, 0.3) is 33.5 Å². The van der Waals surface area contributed by atoms with Crippen molar-refractivity contribution in [3.05, 3.63) is 35.6 Å². The van der Waals surface area contributed by atoms with Gasteiger partial charge in [0.05, 0.1) is 18.3 Å². The van der Waals surface area contributed by atoms with Crippen molar-refractivity contribution in [2.75, 3.05) is 19.6 Å². The number of nitrogens with zero attached hydrogens (tertiary/aromatic N) is 5. The maximum absolute atomic E-state index is 12.7. The Kier molecular flexibility index (Phi) is 6.01. The molecular weight excluding hydrogens is 487 g/mol. The minimum Gasteiger partial charge on any atom is -0.406 e. The topological polar surface area (TPSA) is 101 Å². The van der Waals surface area contributed by atoms with Gasteiger partial charge >= 0.3 is 12.3 Å². The molecule has 5 rings (SSSR count). The molecule has 1 aromatic carbocycles. The number of aromatic nitrogens is 5. The van der Waals surface area contributed by atoms with Crippen molar-refractivity contribution in [3.63, 3.8) is 0 Å². The van der Waals surface area contributed by atoms with E-state index >= 15 is 0 Å². The van der Waals surface area contributed by atoms with Gasteiger partial charge in [0.2, 0.25) is 0 Å². The zero-order valence-electron chi connectivity index (χ0n) is 18.6. The number of aromatic amines is 1. The Morgan fingerprint density at radius 1 is 1.37 bits per heavy atom. The van der Waals surface area contributed by atoms with Crippen molar-refractivity contribution in [2.45, 2.75) is 25.1 Å². The Hall–Kier alpha value is -3.38. The molecule has 0 bridgehead atoms. The third kappa shape index (κ3) is 5.03. The Bertz CT molecular complexity index is 1400. The lowest BCUT2D eigenvalue weighted by atomic mass is 10.1. The summed E-state index contributed by atoms with van der Waals surface area (Å²) < 4.78 is 45.3. The van der Waals surface area contributed by atoms with Crippen LogP contribution in [0.15, 0.2) is 30.6 Å². The van der Waals surface area contributed by atoms with Gasteiger partial charge in [-0.1, -0.05) is 11.6 Å². The summed E-state index contributed by atoms with van der Waals surface area (Å²) in [5.41, 5.74) is 2.63. The van der Waals surface area contributed by atoms with E-state index in [0.29, 0.717) is 47.0 Å². The van der Waals surface area contributed by atoms with Crippen molar-refractivity contribution in [3.8, 4) is 17.1 Å². The summed E-state index contributed by atoms with van der Waals surface area (Å²) in [4.78, 5) is 25.7. The molecule has 0 saturated carbocycles. The molecule has 1 fully saturated rings. The number of hydrogen-bond acceptors (Lipinski definition) is 6. The first kappa shape index (κ1) is 23.4. The van der Waals surface area contributed by atoms with E-state index in [1.54, 1.807) is 30.1 Å². The number of H-pyrrole nitrogens is 1. The molecule has 9 nitrogen and oxygen atoms in total. The van der Waals surface area contributed by atoms with Gasteiger partial charge in [-0.25, -0.2) is 14.8 Å². The van der Waals surface area contributed by atoms with E-state index < -0.39 is 24.9 Å². The monoisotopic (exact) mass is 507 g/mol. The number of amides is 1. The summed E-state index contributed by atoms with van der Waals surface area (Å²) >= 11 is 6.10. The molecule has 1 atom stereocenters. The highest BCUT2D eigenvalue weighted by Crippen LogP contribution is 2.31. The Morgan fingerprint density at radius 3 is 3.00 bits per heavy atom. The van der Waals surface area contributed by atoms with Crippen LogP contribution in [-0.2, 0) is 7.05 Å². The summed E-state index contributed by atoms with van der Waals surface area (Å²) in [7, 11) is 1.80. The molecule has 13 heteroatoms. The molecule has 0 aliphatic carbocycles. The molecule has 0 radical (unpaired) electrons. The minimum atomic E-state index is -4.28. The molecule has 184 valence electrons. The van der Waals surface area contributed by atoms with Gasteiger partial charge in [0.1, 0.15) is 11.4 Å². The number of nitrogens with one attached hydrogen (secondary N) is 2. The molecule has 1 aliphatic rings. The maximum atomic E-state index is 12.7. The van der Waals surface area contributed by atoms with Crippen LogP contribution in [-0.4, -0.2) is 67.6 Å². The van der Waals surface area contributed by atoms with Gasteiger partial charge in [0.25, 0.3) is 0 Å². The molecule has 1 aliphatic heterocycles. The van der Waals surface area contributed by atoms with E-state index in [-0.39, 0.29) is 12.3 Å². The number of benzene rings is 1. The highest BCUT2D eigenvalue weighted by Gasteiger charge is 2.33. The fourth-order valence-corrected chi connectivity index (χ4v) is 4.51. The Morgan fingerprint density at radius 2 is 2.20 bits per heavy atom. The number of carbonyl (C=O) groups is 1. The van der Waals surface area contributed by atoms with Gasteiger partial charge < -0.3 is 15.0 Å². The van der Waals surface area contributed by atoms with Crippen LogP contribution in [0, 0.1) is 0 Å². The summed E-state index contributed by atoms with van der Waals surface area (Å²) in [6.45, 7) is -0.569. The predicted molar refractivity (Wildman–Crippen MR) is 123 cm³/mol. The number of halogens is 4. The zero-order chi connectivity index (χ0) is 24.7. The minimum absolute atomic E-state index is 0.100. The van der Waals surface area contributed by atoms with Gasteiger partial charge in [-0.2, -0.15) is 18.3 Å². The van der Waals surface area contributed by atoms with Crippen LogP contribution in [0.3, 0.4) is 0 Å². The van der Waals surface area contributed by atoms with Gasteiger partial charge in [-0.3, -0.25) is 9.58 Å². The Balaban J connectivity index is 1.34. The fraction of sp³-hybridized carbons (Fsp3) is 0.364. The first-order valence-electron chi connectivity index (χ1n) is 10.9. The molecule has 3 aromatic heterocycles. The summed E-state index contributed by atoms with van der Waals surface area (Å²) in [5.74, 6) is 0.151. The SMILES string of the molecule is Cn1nc(-c2cnc3[nH]cc(OC(=O)N[C@@H]4CCCN(CC(F)(F)F)C4)c3n2)c2ccc(Cl)cc21. The standard InChI is InChI=1S/C22H21ClF3N7O2/c1-32-16-7-12(23)4-5-14(16)18(31-32)15-8-27-20-19(30-15)17(9-28-20)35-21(34)29-13-3-2-6-33(10-13)11-22(24,25)26/h4-5,7-9,13H,2-3,6,10-11H2,1H3,(H,27,28)(H,29,34)/t13-/m1/s1. The van der Waals surface area contributed by atoms with Gasteiger partial charge in [-0.15, -0.1) is 0 Å². The second kappa shape index (κ2) is 9.00. The number of carbonyl (C=O) groups excluding carboxylic acids is 1. The molecule has 1 saturated heterocycles. The average Bonchev–Trinajstić information content (AvgIpc) is 3.33. The number of alkyl halides is 3. The van der Waals surface area contributed by atoms with Crippen molar-refractivity contribution >= 4 is 39.8 Å². The summed E-state index contributed by atoms with van der Waals surface area (Å²) in [6.07, 6.45) is -0.912. The van der Waals surface area contributed by atoms with E-state index in [4.69, 9.17) is 16.3 Å². The van der Waals surface area contributed by atoms with E-state index in [9.17, 15) is 18.0 Å². The summed E-state index contributed by atoms with van der Waals surface area (Å²) in [5, 5.41) is 8.61. The zero-order valence-corrected chi connectivity index (χ0v) is 19.3. The number of fused-ring (bicyclic) bond motifs is 2. The molecule has 4 aromatic rings. The van der Waals surface area contributed by atoms with E-state index in [0.717, 1.165) is 10.9 Å². The van der Waals surface area contributed by atoms with Crippen LogP contribution in [0.5, 0.6) is 5.75 Å². The predicted octanol–water partition coefficient (Wildman–Crippen LogP) is 4.28. The molecule has 0 spiro atoms. The number of aryl methyl sites for hydroxylation is 1. The highest BCUT2D eigenvalue weighted by molar-refractivity contribution is 6.31. The molecule has 2 N–H and O–H groups in total. The third-order valence-corrected chi connectivity index (χ3v) is 6.07. The van der Waals surface area contributed by atoms with Crippen LogP contribution < -0.4 is 10.1 Å². The fourth-order valence-electron chi connectivity index (χ4n) is 4.35. The van der Waals surface area contributed by atoms with E-state index in [1.807, 2.05) is 6.07 Å². The largest absolute Gasteiger partial charge is 0.412 e. The first-order valence-corrected chi connectivity index (χ1v) is 11.3. The van der Waals surface area contributed by atoms with Gasteiger partial charge in [0.15, 0.2) is 16.9 Å². The second-order valence-corrected chi connectivity index (χ2v) is 8.90. The second-order valence-electron chi connectivity index (χ2n) is 8.46. The molecule has 4 heterocycles. The average molecular weight is 508 g/mol. The van der Waals surface area contributed by atoms with Crippen molar-refractivity contribution in [1.29, 1.82) is 0 Å². The van der Waals surface area contributed by atoms with Gasteiger partial charge in [-0.05, 0) is 37.6 Å². The highest BCUT2D eigenvalue weighted by atomic mass is 35.5. The van der Waals surface area contributed by atoms with Crippen molar-refractivity contribution in [1.82, 2.24) is 34.9 Å². The lowest BCUT2D eigenvalue weighted by Gasteiger charge is -2.33. The molecule has 1 amide bonds. The normalized spacial score (nSPS) is 17.2. The lowest BCUT2D eigenvalue weighted by Crippen LogP contribution is -2.50. The van der Waals surface area contributed by atoms with Crippen LogP contribution >= 0.6 is 11.6 Å². The van der Waals surface area contributed by atoms with Crippen LogP contribution in [0.4, 0.5) is 18.0 Å². The number of piperidine rings is 1. The number of ether oxygens (including phenoxy) is 1. The van der Waals surface area contributed by atoms with Crippen molar-refractivity contribution < 1.29 is 22.7 Å². The first-order chi connectivity index (χ1) is 16.7. The third-order valence-electron chi connectivity index (χ3n) is 5.84.